The normalized spacial score (nSPS) is 84.9. The molecule has 30 unspecified atom stereocenters. The zero-order chi connectivity index (χ0) is 26.5. The van der Waals surface area contributed by atoms with Crippen LogP contribution in [-0.4, -0.2) is 25.0 Å². The molecule has 0 N–H and O–H groups in total. The van der Waals surface area contributed by atoms with Crippen molar-refractivity contribution >= 4 is 0 Å². The maximum atomic E-state index is 3.26. The highest BCUT2D eigenvalue weighted by molar-refractivity contribution is 5.42. The summed E-state index contributed by atoms with van der Waals surface area (Å²) >= 11 is 0. The van der Waals surface area contributed by atoms with E-state index in [1.54, 1.807) is 44.9 Å². The van der Waals surface area contributed by atoms with Crippen LogP contribution in [0.4, 0.5) is 0 Å². The highest BCUT2D eigenvalue weighted by Gasteiger charge is 2.89. The van der Waals surface area contributed by atoms with E-state index in [0.29, 0.717) is 5.41 Å². The van der Waals surface area contributed by atoms with Gasteiger partial charge in [0.15, 0.2) is 0 Å². The van der Waals surface area contributed by atoms with Crippen LogP contribution in [0.3, 0.4) is 0 Å². The Labute approximate surface area is 258 Å². The summed E-state index contributed by atoms with van der Waals surface area (Å²) in [5.41, 5.74) is 2.76. The van der Waals surface area contributed by atoms with Gasteiger partial charge in [-0.3, -0.25) is 0 Å². The molecule has 1 heteroatoms. The van der Waals surface area contributed by atoms with Gasteiger partial charge in [0.05, 0.1) is 0 Å². The first kappa shape index (κ1) is 21.5. The Morgan fingerprint density at radius 1 is 0.512 bits per heavy atom. The van der Waals surface area contributed by atoms with Gasteiger partial charge in [-0.2, -0.15) is 0 Å². The maximum absolute atomic E-state index is 3.26. The van der Waals surface area contributed by atoms with Crippen LogP contribution < -0.4 is 0 Å². The summed E-state index contributed by atoms with van der Waals surface area (Å²) in [4.78, 5) is 2.92. The van der Waals surface area contributed by atoms with E-state index in [4.69, 9.17) is 0 Å². The van der Waals surface area contributed by atoms with Crippen LogP contribution in [0.2, 0.25) is 0 Å². The second-order valence-electron chi connectivity index (χ2n) is 22.5. The van der Waals surface area contributed by atoms with Crippen molar-refractivity contribution in [2.45, 2.75) is 44.9 Å². The third-order valence-corrected chi connectivity index (χ3v) is 23.5. The summed E-state index contributed by atoms with van der Waals surface area (Å²) in [6.07, 6.45) is 15.2. The molecular formula is C42H51N. The minimum absolute atomic E-state index is 0.606. The van der Waals surface area contributed by atoms with Gasteiger partial charge in [0.1, 0.15) is 0 Å². The largest absolute Gasteiger partial charge is 0.305 e. The van der Waals surface area contributed by atoms with Crippen molar-refractivity contribution in [2.75, 3.05) is 20.1 Å². The number of allylic oxidation sites excluding steroid dienone is 1. The molecule has 1 spiro atoms. The predicted octanol–water partition coefficient (Wildman–Crippen LogP) is 6.66. The molecule has 0 bridgehead atoms. The summed E-state index contributed by atoms with van der Waals surface area (Å²) in [5.74, 6) is 34.7. The topological polar surface area (TPSA) is 3.24 Å². The van der Waals surface area contributed by atoms with Crippen LogP contribution >= 0.6 is 0 Å². The molecule has 1 heterocycles. The molecule has 16 fully saturated rings. The Balaban J connectivity index is 1.05. The number of fused-ring (bicyclic) bond motifs is 1. The average Bonchev–Trinajstić information content (AvgIpc) is 3.81. The fourth-order valence-electron chi connectivity index (χ4n) is 25.5. The molecule has 1 saturated heterocycles. The van der Waals surface area contributed by atoms with E-state index in [2.05, 4.69) is 23.6 Å². The van der Waals surface area contributed by atoms with Gasteiger partial charge >= 0.3 is 0 Å². The van der Waals surface area contributed by atoms with Crippen LogP contribution in [0.1, 0.15) is 44.9 Å². The van der Waals surface area contributed by atoms with Crippen molar-refractivity contribution in [1.82, 2.24) is 4.90 Å². The molecule has 0 aromatic rings. The fourth-order valence-corrected chi connectivity index (χ4v) is 25.5. The summed E-state index contributed by atoms with van der Waals surface area (Å²) in [6.45, 7) is 2.96. The van der Waals surface area contributed by atoms with Crippen molar-refractivity contribution in [2.24, 2.45) is 177 Å². The molecule has 0 amide bonds. The van der Waals surface area contributed by atoms with E-state index in [1.165, 1.54) is 149 Å². The third-order valence-electron chi connectivity index (χ3n) is 23.5. The highest BCUT2D eigenvalue weighted by Crippen LogP contribution is 2.93. The zero-order valence-electron chi connectivity index (χ0n) is 26.1. The minimum Gasteiger partial charge on any atom is -0.305 e. The van der Waals surface area contributed by atoms with Gasteiger partial charge in [0, 0.05) is 18.5 Å². The Kier molecular flexibility index (Phi) is 2.93. The van der Waals surface area contributed by atoms with Crippen LogP contribution in [0.5, 0.6) is 0 Å². The SMILES string of the molecule is CN1CC2C3CC4CC5CC6CC7CC8CC9CC%10=CC2(C1)C1C2C%10C9C9C8C8C7C6C6C5C5C4C3C1C1C5C6C8C9C12. The van der Waals surface area contributed by atoms with E-state index in [9.17, 15) is 0 Å². The van der Waals surface area contributed by atoms with Crippen molar-refractivity contribution in [3.05, 3.63) is 11.6 Å². The summed E-state index contributed by atoms with van der Waals surface area (Å²) in [7, 11) is 2.58. The van der Waals surface area contributed by atoms with Crippen LogP contribution in [0, 0.1) is 177 Å². The predicted molar refractivity (Wildman–Crippen MR) is 162 cm³/mol. The first-order valence-corrected chi connectivity index (χ1v) is 20.6. The lowest BCUT2D eigenvalue weighted by atomic mass is 9.41. The van der Waals surface area contributed by atoms with Crippen LogP contribution in [-0.2, 0) is 0 Å². The lowest BCUT2D eigenvalue weighted by Crippen LogP contribution is -2.60. The molecule has 0 radical (unpaired) electrons. The van der Waals surface area contributed by atoms with Gasteiger partial charge in [-0.25, -0.2) is 0 Å². The van der Waals surface area contributed by atoms with Crippen molar-refractivity contribution < 1.29 is 0 Å². The minimum atomic E-state index is 0.606. The third kappa shape index (κ3) is 1.68. The van der Waals surface area contributed by atoms with Gasteiger partial charge in [-0.15, -0.1) is 0 Å². The van der Waals surface area contributed by atoms with E-state index < -0.39 is 0 Å². The maximum Gasteiger partial charge on any atom is 0.00889 e. The van der Waals surface area contributed by atoms with Gasteiger partial charge in [0.25, 0.3) is 0 Å². The average molecular weight is 570 g/mol. The molecule has 17 aliphatic rings. The number of nitrogens with zero attached hydrogens (tertiary/aromatic N) is 1. The van der Waals surface area contributed by atoms with Crippen LogP contribution in [0.25, 0.3) is 0 Å². The van der Waals surface area contributed by atoms with E-state index in [-0.39, 0.29) is 0 Å². The molecule has 1 nitrogen and oxygen atoms in total. The van der Waals surface area contributed by atoms with Crippen molar-refractivity contribution in [1.29, 1.82) is 0 Å². The second kappa shape index (κ2) is 5.85. The molecular weight excluding hydrogens is 518 g/mol. The van der Waals surface area contributed by atoms with Gasteiger partial charge in [-0.1, -0.05) is 11.6 Å². The number of likely N-dealkylation sites (tertiary alicyclic amines) is 1. The summed E-state index contributed by atoms with van der Waals surface area (Å²) in [6, 6.07) is 0. The molecule has 16 aliphatic carbocycles. The molecule has 43 heavy (non-hydrogen) atoms. The smallest absolute Gasteiger partial charge is 0.00889 e. The van der Waals surface area contributed by atoms with Crippen molar-refractivity contribution in [3.8, 4) is 0 Å². The molecule has 17 rings (SSSR count). The number of hydrogen-bond donors (Lipinski definition) is 0. The van der Waals surface area contributed by atoms with Crippen molar-refractivity contribution in [3.63, 3.8) is 0 Å². The number of rotatable bonds is 0. The monoisotopic (exact) mass is 569 g/mol. The lowest BCUT2D eigenvalue weighted by Gasteiger charge is -2.62. The molecule has 15 saturated carbocycles. The van der Waals surface area contributed by atoms with E-state index in [1.807, 2.05) is 0 Å². The second-order valence-corrected chi connectivity index (χ2v) is 22.5. The molecule has 30 atom stereocenters. The summed E-state index contributed by atoms with van der Waals surface area (Å²) < 4.78 is 0. The molecule has 0 aromatic carbocycles. The van der Waals surface area contributed by atoms with E-state index >= 15 is 0 Å². The van der Waals surface area contributed by atoms with Gasteiger partial charge < -0.3 is 4.90 Å². The summed E-state index contributed by atoms with van der Waals surface area (Å²) in [5, 5.41) is 0. The fraction of sp³-hybridized carbons (Fsp3) is 0.952. The Morgan fingerprint density at radius 3 is 1.67 bits per heavy atom. The quantitative estimate of drug-likeness (QED) is 0.295. The Hall–Kier alpha value is -0.300. The first-order valence-electron chi connectivity index (χ1n) is 20.6. The standard InChI is InChI=1S/C42H51N/c1-43-10-20-19-8-17-6-15-4-13-2-12-3-14-5-16-7-18-9-42(20,11-43)41-39-27(18)23(16)31-25(14)29-21(12)22(13)30-26(15)32-24(17)28(19)40(41)38-36(32)34(30)33(29)35(31)37(38)39/h9,12-17,19-41H,2-8,10-11H2,1H3. The Bertz CT molecular complexity index is 1540. The lowest BCUT2D eigenvalue weighted by molar-refractivity contribution is -0.155. The van der Waals surface area contributed by atoms with Gasteiger partial charge in [-0.05, 0) is 224 Å². The van der Waals surface area contributed by atoms with E-state index in [0.717, 1.165) is 35.5 Å². The molecule has 1 aliphatic heterocycles. The zero-order valence-corrected chi connectivity index (χ0v) is 26.1. The Morgan fingerprint density at radius 2 is 1.00 bits per heavy atom. The highest BCUT2D eigenvalue weighted by atomic mass is 15.2. The van der Waals surface area contributed by atoms with Crippen LogP contribution in [0.15, 0.2) is 11.6 Å². The molecule has 224 valence electrons. The van der Waals surface area contributed by atoms with Gasteiger partial charge in [0.2, 0.25) is 0 Å². The molecule has 0 aromatic heterocycles. The number of hydrogen-bond acceptors (Lipinski definition) is 1. The first-order chi connectivity index (χ1) is 21.2.